The lowest BCUT2D eigenvalue weighted by molar-refractivity contribution is -0.0548. The van der Waals surface area contributed by atoms with Crippen LogP contribution in [-0.4, -0.2) is 45.5 Å². The van der Waals surface area contributed by atoms with Crippen molar-refractivity contribution in [1.82, 2.24) is 19.9 Å². The number of likely N-dealkylation sites (tertiary alicyclic amines) is 1. The summed E-state index contributed by atoms with van der Waals surface area (Å²) in [5, 5.41) is 7.76. The van der Waals surface area contributed by atoms with Crippen molar-refractivity contribution in [1.29, 1.82) is 0 Å². The quantitative estimate of drug-likeness (QED) is 0.835. The lowest BCUT2D eigenvalue weighted by atomic mass is 10.1. The number of hydrogen-bond acceptors (Lipinski definition) is 4. The van der Waals surface area contributed by atoms with E-state index >= 15 is 0 Å². The summed E-state index contributed by atoms with van der Waals surface area (Å²) >= 11 is 0. The molecule has 1 saturated heterocycles. The second-order valence-electron chi connectivity index (χ2n) is 6.28. The van der Waals surface area contributed by atoms with Crippen molar-refractivity contribution in [3.63, 3.8) is 0 Å². The van der Waals surface area contributed by atoms with Crippen molar-refractivity contribution >= 4 is 5.82 Å². The summed E-state index contributed by atoms with van der Waals surface area (Å²) in [4.78, 5) is 1.95. The molecule has 2 N–H and O–H groups in total. The van der Waals surface area contributed by atoms with Crippen molar-refractivity contribution in [2.75, 3.05) is 25.4 Å². The number of piperidine rings is 1. The first kappa shape index (κ1) is 17.7. The number of alkyl halides is 2. The molecule has 0 atom stereocenters. The summed E-state index contributed by atoms with van der Waals surface area (Å²) in [6, 6.07) is 3.62. The first-order valence-corrected chi connectivity index (χ1v) is 8.06. The van der Waals surface area contributed by atoms with Gasteiger partial charge >= 0.3 is 0 Å². The molecule has 1 aliphatic heterocycles. The zero-order valence-electron chi connectivity index (χ0n) is 13.6. The van der Waals surface area contributed by atoms with Gasteiger partial charge in [-0.15, -0.1) is 5.10 Å². The van der Waals surface area contributed by atoms with Crippen LogP contribution < -0.4 is 5.73 Å². The maximum absolute atomic E-state index is 13.3. The van der Waals surface area contributed by atoms with Crippen LogP contribution in [0.2, 0.25) is 0 Å². The molecule has 5 nitrogen and oxygen atoms in total. The van der Waals surface area contributed by atoms with Gasteiger partial charge in [0, 0.05) is 38.9 Å². The highest BCUT2D eigenvalue weighted by Gasteiger charge is 2.33. The fraction of sp³-hybridized carbons (Fsp3) is 0.500. The summed E-state index contributed by atoms with van der Waals surface area (Å²) in [7, 11) is 0. The number of nitrogen functional groups attached to an aromatic ring is 1. The molecule has 0 unspecified atom stereocenters. The van der Waals surface area contributed by atoms with E-state index in [-0.39, 0.29) is 25.2 Å². The van der Waals surface area contributed by atoms with Crippen LogP contribution in [0.15, 0.2) is 18.2 Å². The topological polar surface area (TPSA) is 60.0 Å². The van der Waals surface area contributed by atoms with Gasteiger partial charge in [0.25, 0.3) is 5.92 Å². The SMILES string of the molecule is Nc1nnn(Cc2ccc(F)c(F)c2)c1CCN1CCC(F)(F)CC1. The Kier molecular flexibility index (Phi) is 4.94. The van der Waals surface area contributed by atoms with Crippen LogP contribution in [0.25, 0.3) is 0 Å². The summed E-state index contributed by atoms with van der Waals surface area (Å²) in [6.45, 7) is 1.43. The molecule has 2 aromatic rings. The molecule has 0 spiro atoms. The lowest BCUT2D eigenvalue weighted by Gasteiger charge is -2.31. The molecule has 0 bridgehead atoms. The average molecular weight is 357 g/mol. The van der Waals surface area contributed by atoms with Gasteiger partial charge in [0.2, 0.25) is 0 Å². The van der Waals surface area contributed by atoms with Gasteiger partial charge in [-0.05, 0) is 17.7 Å². The van der Waals surface area contributed by atoms with E-state index in [9.17, 15) is 17.6 Å². The predicted octanol–water partition coefficient (Wildman–Crippen LogP) is 2.46. The molecule has 2 heterocycles. The maximum Gasteiger partial charge on any atom is 0.250 e. The van der Waals surface area contributed by atoms with E-state index in [1.165, 1.54) is 10.7 Å². The number of anilines is 1. The van der Waals surface area contributed by atoms with E-state index in [4.69, 9.17) is 5.73 Å². The third-order valence-electron chi connectivity index (χ3n) is 4.44. The molecule has 0 aliphatic carbocycles. The molecule has 3 rings (SSSR count). The first-order chi connectivity index (χ1) is 11.8. The van der Waals surface area contributed by atoms with Crippen molar-refractivity contribution in [3.05, 3.63) is 41.1 Å². The molecule has 1 aromatic carbocycles. The predicted molar refractivity (Wildman–Crippen MR) is 84.2 cm³/mol. The van der Waals surface area contributed by atoms with Gasteiger partial charge in [-0.25, -0.2) is 22.2 Å². The Bertz CT molecular complexity index is 736. The Labute approximate surface area is 142 Å². The molecule has 1 fully saturated rings. The number of hydrogen-bond donors (Lipinski definition) is 1. The van der Waals surface area contributed by atoms with Crippen molar-refractivity contribution in [2.45, 2.75) is 31.7 Å². The van der Waals surface area contributed by atoms with E-state index in [1.807, 2.05) is 4.90 Å². The largest absolute Gasteiger partial charge is 0.381 e. The summed E-state index contributed by atoms with van der Waals surface area (Å²) < 4.78 is 54.3. The van der Waals surface area contributed by atoms with E-state index in [0.717, 1.165) is 12.1 Å². The second kappa shape index (κ2) is 6.99. The van der Waals surface area contributed by atoms with Crippen molar-refractivity contribution < 1.29 is 17.6 Å². The van der Waals surface area contributed by atoms with Gasteiger partial charge in [0.1, 0.15) is 0 Å². The fourth-order valence-electron chi connectivity index (χ4n) is 2.91. The van der Waals surface area contributed by atoms with Crippen LogP contribution >= 0.6 is 0 Å². The average Bonchev–Trinajstić information content (AvgIpc) is 2.90. The lowest BCUT2D eigenvalue weighted by Crippen LogP contribution is -2.40. The molecule has 0 amide bonds. The molecule has 0 saturated carbocycles. The summed E-state index contributed by atoms with van der Waals surface area (Å²) in [5.74, 6) is -4.17. The van der Waals surface area contributed by atoms with E-state index < -0.39 is 17.6 Å². The fourth-order valence-corrected chi connectivity index (χ4v) is 2.91. The smallest absolute Gasteiger partial charge is 0.250 e. The number of nitrogens with zero attached hydrogens (tertiary/aromatic N) is 4. The first-order valence-electron chi connectivity index (χ1n) is 8.06. The molecule has 0 radical (unpaired) electrons. The summed E-state index contributed by atoms with van der Waals surface area (Å²) in [5.41, 5.74) is 7.03. The number of nitrogens with two attached hydrogens (primary N) is 1. The second-order valence-corrected chi connectivity index (χ2v) is 6.28. The van der Waals surface area contributed by atoms with Crippen LogP contribution in [0.4, 0.5) is 23.4 Å². The van der Waals surface area contributed by atoms with E-state index in [2.05, 4.69) is 10.3 Å². The minimum Gasteiger partial charge on any atom is -0.381 e. The normalized spacial score (nSPS) is 17.8. The Morgan fingerprint density at radius 3 is 2.52 bits per heavy atom. The Hall–Kier alpha value is -2.16. The van der Waals surface area contributed by atoms with Gasteiger partial charge in [0.15, 0.2) is 17.5 Å². The van der Waals surface area contributed by atoms with Gasteiger partial charge in [-0.2, -0.15) is 0 Å². The van der Waals surface area contributed by atoms with Crippen molar-refractivity contribution in [2.24, 2.45) is 0 Å². The molecule has 25 heavy (non-hydrogen) atoms. The maximum atomic E-state index is 13.3. The van der Waals surface area contributed by atoms with Gasteiger partial charge < -0.3 is 10.6 Å². The van der Waals surface area contributed by atoms with Gasteiger partial charge in [-0.3, -0.25) is 0 Å². The minimum atomic E-state index is -2.58. The Balaban J connectivity index is 1.64. The van der Waals surface area contributed by atoms with E-state index in [0.29, 0.717) is 37.3 Å². The van der Waals surface area contributed by atoms with Crippen LogP contribution in [0, 0.1) is 11.6 Å². The monoisotopic (exact) mass is 357 g/mol. The highest BCUT2D eigenvalue weighted by atomic mass is 19.3. The van der Waals surface area contributed by atoms with Gasteiger partial charge in [-0.1, -0.05) is 11.3 Å². The molecule has 1 aliphatic rings. The number of aromatic nitrogens is 3. The number of rotatable bonds is 5. The van der Waals surface area contributed by atoms with Crippen LogP contribution in [0.5, 0.6) is 0 Å². The van der Waals surface area contributed by atoms with Crippen LogP contribution in [0.1, 0.15) is 24.1 Å². The third-order valence-corrected chi connectivity index (χ3v) is 4.44. The molecule has 136 valence electrons. The molecule has 9 heteroatoms. The van der Waals surface area contributed by atoms with Crippen LogP contribution in [-0.2, 0) is 13.0 Å². The van der Waals surface area contributed by atoms with Gasteiger partial charge in [0.05, 0.1) is 12.2 Å². The Morgan fingerprint density at radius 2 is 1.84 bits per heavy atom. The Morgan fingerprint density at radius 1 is 1.12 bits per heavy atom. The molecular formula is C16H19F4N5. The highest BCUT2D eigenvalue weighted by Crippen LogP contribution is 2.27. The highest BCUT2D eigenvalue weighted by molar-refractivity contribution is 5.33. The number of halogens is 4. The van der Waals surface area contributed by atoms with Crippen LogP contribution in [0.3, 0.4) is 0 Å². The minimum absolute atomic E-state index is 0.144. The standard InChI is InChI=1S/C16H19F4N5/c17-12-2-1-11(9-13(12)18)10-25-14(15(21)22-23-25)3-6-24-7-4-16(19,20)5-8-24/h1-2,9H,3-8,10,21H2. The molecular weight excluding hydrogens is 338 g/mol. The third kappa shape index (κ3) is 4.28. The van der Waals surface area contributed by atoms with Crippen molar-refractivity contribution in [3.8, 4) is 0 Å². The zero-order chi connectivity index (χ0) is 18.0. The molecule has 1 aromatic heterocycles. The zero-order valence-corrected chi connectivity index (χ0v) is 13.6. The van der Waals surface area contributed by atoms with E-state index in [1.54, 1.807) is 0 Å². The number of benzene rings is 1. The summed E-state index contributed by atoms with van der Waals surface area (Å²) in [6.07, 6.45) is 0.206.